The highest BCUT2D eigenvalue weighted by molar-refractivity contribution is 5.82. The average molecular weight is 329 g/mol. The summed E-state index contributed by atoms with van der Waals surface area (Å²) in [6, 6.07) is 27.3. The molecule has 0 radical (unpaired) electrons. The van der Waals surface area contributed by atoms with Crippen molar-refractivity contribution >= 4 is 10.8 Å². The van der Waals surface area contributed by atoms with Gasteiger partial charge in [0.05, 0.1) is 7.05 Å². The first-order valence-electron chi connectivity index (χ1n) is 8.58. The molecular formula is C22H21N2O+. The zero-order valence-electron chi connectivity index (χ0n) is 14.3. The van der Waals surface area contributed by atoms with Gasteiger partial charge in [-0.1, -0.05) is 71.9 Å². The van der Waals surface area contributed by atoms with Gasteiger partial charge in [0.15, 0.2) is 5.76 Å². The van der Waals surface area contributed by atoms with E-state index in [1.807, 2.05) is 36.4 Å². The van der Waals surface area contributed by atoms with Crippen molar-refractivity contribution in [3.05, 3.63) is 90.1 Å². The van der Waals surface area contributed by atoms with Crippen LogP contribution in [0.5, 0.6) is 0 Å². The Bertz CT molecular complexity index is 975. The van der Waals surface area contributed by atoms with Crippen molar-refractivity contribution in [2.75, 3.05) is 7.05 Å². The molecule has 0 saturated heterocycles. The molecule has 0 amide bonds. The molecule has 3 aromatic carbocycles. The minimum atomic E-state index is 0.828. The van der Waals surface area contributed by atoms with E-state index in [0.29, 0.717) is 0 Å². The number of nitrogens with zero attached hydrogens (tertiary/aromatic N) is 1. The number of hydrogen-bond acceptors (Lipinski definition) is 2. The van der Waals surface area contributed by atoms with E-state index >= 15 is 0 Å². The summed E-state index contributed by atoms with van der Waals surface area (Å²) < 4.78 is 5.50. The predicted octanol–water partition coefficient (Wildman–Crippen LogP) is 3.71. The molecule has 4 aromatic rings. The summed E-state index contributed by atoms with van der Waals surface area (Å²) in [5.41, 5.74) is 3.38. The quantitative estimate of drug-likeness (QED) is 0.605. The Labute approximate surface area is 147 Å². The third-order valence-electron chi connectivity index (χ3n) is 4.42. The molecule has 1 heterocycles. The van der Waals surface area contributed by atoms with Crippen molar-refractivity contribution in [1.29, 1.82) is 0 Å². The largest absolute Gasteiger partial charge is 0.356 e. The summed E-state index contributed by atoms with van der Waals surface area (Å²) in [7, 11) is 2.19. The molecule has 0 spiro atoms. The lowest BCUT2D eigenvalue weighted by Gasteiger charge is -2.12. The monoisotopic (exact) mass is 329 g/mol. The van der Waals surface area contributed by atoms with Crippen molar-refractivity contribution in [3.63, 3.8) is 0 Å². The lowest BCUT2D eigenvalue weighted by atomic mass is 10.1. The Hall–Kier alpha value is -2.91. The van der Waals surface area contributed by atoms with Crippen molar-refractivity contribution in [3.8, 4) is 11.3 Å². The van der Waals surface area contributed by atoms with Gasteiger partial charge in [0, 0.05) is 17.2 Å². The van der Waals surface area contributed by atoms with E-state index in [-0.39, 0.29) is 0 Å². The van der Waals surface area contributed by atoms with Crippen LogP contribution in [0.25, 0.3) is 22.1 Å². The lowest BCUT2D eigenvalue weighted by Crippen LogP contribution is -3.06. The van der Waals surface area contributed by atoms with Gasteiger partial charge in [0.25, 0.3) is 0 Å². The molecule has 25 heavy (non-hydrogen) atoms. The summed E-state index contributed by atoms with van der Waals surface area (Å²) in [5.74, 6) is 0.828. The van der Waals surface area contributed by atoms with Crippen LogP contribution in [0.4, 0.5) is 0 Å². The minimum Gasteiger partial charge on any atom is -0.356 e. The molecule has 1 N–H and O–H groups in total. The molecule has 1 unspecified atom stereocenters. The first-order valence-corrected chi connectivity index (χ1v) is 8.58. The number of nitrogens with one attached hydrogen (secondary N) is 1. The summed E-state index contributed by atoms with van der Waals surface area (Å²) in [6.45, 7) is 1.79. The fraction of sp³-hybridized carbons (Fsp3) is 0.136. The SMILES string of the molecule is C[NH+](Cc1ccc2ccccc2c1)Cc1cc(-c2ccccc2)on1. The van der Waals surface area contributed by atoms with Crippen LogP contribution in [0.2, 0.25) is 0 Å². The van der Waals surface area contributed by atoms with Crippen LogP contribution in [-0.4, -0.2) is 12.2 Å². The molecule has 0 aliphatic heterocycles. The Balaban J connectivity index is 1.45. The van der Waals surface area contributed by atoms with E-state index in [4.69, 9.17) is 4.52 Å². The van der Waals surface area contributed by atoms with Gasteiger partial charge in [-0.05, 0) is 16.8 Å². The number of fused-ring (bicyclic) bond motifs is 1. The highest BCUT2D eigenvalue weighted by atomic mass is 16.5. The van der Waals surface area contributed by atoms with Gasteiger partial charge in [-0.2, -0.15) is 0 Å². The Morgan fingerprint density at radius 2 is 1.56 bits per heavy atom. The van der Waals surface area contributed by atoms with E-state index < -0.39 is 0 Å². The predicted molar refractivity (Wildman–Crippen MR) is 100 cm³/mol. The van der Waals surface area contributed by atoms with Gasteiger partial charge >= 0.3 is 0 Å². The van der Waals surface area contributed by atoms with E-state index in [9.17, 15) is 0 Å². The third kappa shape index (κ3) is 3.62. The fourth-order valence-corrected chi connectivity index (χ4v) is 3.20. The minimum absolute atomic E-state index is 0.828. The second-order valence-corrected chi connectivity index (χ2v) is 6.54. The molecule has 4 rings (SSSR count). The topological polar surface area (TPSA) is 30.5 Å². The zero-order chi connectivity index (χ0) is 17.1. The highest BCUT2D eigenvalue weighted by Gasteiger charge is 2.11. The van der Waals surface area contributed by atoms with Crippen molar-refractivity contribution in [1.82, 2.24) is 5.16 Å². The zero-order valence-corrected chi connectivity index (χ0v) is 14.3. The van der Waals surface area contributed by atoms with E-state index in [2.05, 4.69) is 54.7 Å². The highest BCUT2D eigenvalue weighted by Crippen LogP contribution is 2.19. The number of hydrogen-bond donors (Lipinski definition) is 1. The summed E-state index contributed by atoms with van der Waals surface area (Å²) in [4.78, 5) is 1.38. The molecule has 0 aliphatic rings. The van der Waals surface area contributed by atoms with Crippen LogP contribution in [0.1, 0.15) is 11.3 Å². The summed E-state index contributed by atoms with van der Waals surface area (Å²) in [6.07, 6.45) is 0. The van der Waals surface area contributed by atoms with Crippen LogP contribution in [0.3, 0.4) is 0 Å². The van der Waals surface area contributed by atoms with E-state index in [1.54, 1.807) is 0 Å². The van der Waals surface area contributed by atoms with Crippen molar-refractivity contribution in [2.24, 2.45) is 0 Å². The lowest BCUT2D eigenvalue weighted by molar-refractivity contribution is -0.908. The van der Waals surface area contributed by atoms with Gasteiger partial charge in [-0.25, -0.2) is 0 Å². The molecule has 0 saturated carbocycles. The second-order valence-electron chi connectivity index (χ2n) is 6.54. The van der Waals surface area contributed by atoms with Crippen LogP contribution < -0.4 is 4.90 Å². The van der Waals surface area contributed by atoms with Gasteiger partial charge in [0.1, 0.15) is 18.8 Å². The number of aromatic nitrogens is 1. The van der Waals surface area contributed by atoms with Crippen molar-refractivity contribution < 1.29 is 9.42 Å². The normalized spacial score (nSPS) is 12.4. The summed E-state index contributed by atoms with van der Waals surface area (Å²) >= 11 is 0. The van der Waals surface area contributed by atoms with Gasteiger partial charge in [-0.3, -0.25) is 0 Å². The molecule has 124 valence electrons. The smallest absolute Gasteiger partial charge is 0.167 e. The standard InChI is InChI=1S/C22H20N2O/c1-24(15-17-11-12-18-7-5-6-10-20(18)13-17)16-21-14-22(25-23-21)19-8-3-2-4-9-19/h2-14H,15-16H2,1H3/p+1. The van der Waals surface area contributed by atoms with Crippen LogP contribution >= 0.6 is 0 Å². The molecule has 0 bridgehead atoms. The molecule has 3 heteroatoms. The van der Waals surface area contributed by atoms with Gasteiger partial charge in [-0.15, -0.1) is 0 Å². The number of rotatable bonds is 5. The Kier molecular flexibility index (Phi) is 4.32. The van der Waals surface area contributed by atoms with Gasteiger partial charge < -0.3 is 9.42 Å². The Morgan fingerprint density at radius 1 is 0.800 bits per heavy atom. The van der Waals surface area contributed by atoms with E-state index in [0.717, 1.165) is 30.1 Å². The van der Waals surface area contributed by atoms with Crippen LogP contribution in [0.15, 0.2) is 83.4 Å². The molecule has 0 fully saturated rings. The fourth-order valence-electron chi connectivity index (χ4n) is 3.20. The van der Waals surface area contributed by atoms with Crippen LogP contribution in [0, 0.1) is 0 Å². The molecular weight excluding hydrogens is 308 g/mol. The van der Waals surface area contributed by atoms with E-state index in [1.165, 1.54) is 21.2 Å². The maximum Gasteiger partial charge on any atom is 0.167 e. The van der Waals surface area contributed by atoms with Gasteiger partial charge in [0.2, 0.25) is 0 Å². The number of benzene rings is 3. The first kappa shape index (κ1) is 15.6. The molecule has 0 aliphatic carbocycles. The maximum atomic E-state index is 5.50. The molecule has 1 aromatic heterocycles. The summed E-state index contributed by atoms with van der Waals surface area (Å²) in [5, 5.41) is 6.81. The Morgan fingerprint density at radius 3 is 2.40 bits per heavy atom. The first-order chi connectivity index (χ1) is 12.3. The van der Waals surface area contributed by atoms with Crippen molar-refractivity contribution in [2.45, 2.75) is 13.1 Å². The molecule has 1 atom stereocenters. The third-order valence-corrected chi connectivity index (χ3v) is 4.42. The maximum absolute atomic E-state index is 5.50. The van der Waals surface area contributed by atoms with Crippen LogP contribution in [-0.2, 0) is 13.1 Å². The second kappa shape index (κ2) is 6.91. The molecule has 3 nitrogen and oxygen atoms in total. The average Bonchev–Trinajstić information content (AvgIpc) is 3.10. The number of quaternary nitrogens is 1.